The molecule has 0 amide bonds. The van der Waals surface area contributed by atoms with Crippen LogP contribution < -0.4 is 19.8 Å². The van der Waals surface area contributed by atoms with Crippen molar-refractivity contribution < 1.29 is 23.0 Å². The van der Waals surface area contributed by atoms with Crippen molar-refractivity contribution in [3.63, 3.8) is 0 Å². The lowest BCUT2D eigenvalue weighted by atomic mass is 10.1. The van der Waals surface area contributed by atoms with E-state index < -0.39 is 11.4 Å². The minimum atomic E-state index is -0.604. The molecule has 0 aliphatic carbocycles. The van der Waals surface area contributed by atoms with Gasteiger partial charge in [-0.2, -0.15) is 0 Å². The number of benzene rings is 2. The molecule has 114 valence electrons. The van der Waals surface area contributed by atoms with Gasteiger partial charge >= 0.3 is 5.63 Å². The Morgan fingerprint density at radius 1 is 1.00 bits per heavy atom. The molecule has 0 saturated carbocycles. The van der Waals surface area contributed by atoms with Crippen LogP contribution in [0.1, 0.15) is 0 Å². The number of fused-ring (bicyclic) bond motifs is 3. The molecule has 3 rings (SSSR count). The van der Waals surface area contributed by atoms with Crippen LogP contribution in [0, 0.1) is 5.82 Å². The quantitative estimate of drug-likeness (QED) is 0.549. The SMILES string of the molecule is COc1ccc2c(c1)c(=O)oc1c(OC)c(OC)cc(F)c12. The molecular weight excluding hydrogens is 291 g/mol. The van der Waals surface area contributed by atoms with Crippen molar-refractivity contribution >= 4 is 21.7 Å². The Kier molecular flexibility index (Phi) is 3.36. The standard InChI is InChI=1S/C16H13FO5/c1-19-8-4-5-9-10(6-8)16(18)22-15-13(9)11(17)7-12(20-2)14(15)21-3/h4-7H,1-3H3. The van der Waals surface area contributed by atoms with E-state index in [4.69, 9.17) is 18.6 Å². The number of halogens is 1. The van der Waals surface area contributed by atoms with E-state index in [0.717, 1.165) is 0 Å². The predicted octanol–water partition coefficient (Wildman–Crippen LogP) is 3.11. The van der Waals surface area contributed by atoms with Gasteiger partial charge in [0.25, 0.3) is 0 Å². The van der Waals surface area contributed by atoms with Crippen LogP contribution in [-0.2, 0) is 0 Å². The van der Waals surface area contributed by atoms with Crippen molar-refractivity contribution in [1.82, 2.24) is 0 Å². The molecular formula is C16H13FO5. The molecule has 0 aliphatic heterocycles. The van der Waals surface area contributed by atoms with Crippen LogP contribution in [0.15, 0.2) is 33.5 Å². The fourth-order valence-electron chi connectivity index (χ4n) is 2.46. The molecule has 5 nitrogen and oxygen atoms in total. The van der Waals surface area contributed by atoms with E-state index in [1.54, 1.807) is 12.1 Å². The molecule has 0 atom stereocenters. The Bertz CT molecular complexity index is 929. The molecule has 1 aromatic heterocycles. The summed E-state index contributed by atoms with van der Waals surface area (Å²) < 4.78 is 35.1. The maximum absolute atomic E-state index is 14.5. The highest BCUT2D eigenvalue weighted by Gasteiger charge is 2.20. The van der Waals surface area contributed by atoms with E-state index in [-0.39, 0.29) is 27.9 Å². The van der Waals surface area contributed by atoms with Crippen molar-refractivity contribution in [3.05, 3.63) is 40.5 Å². The second kappa shape index (κ2) is 5.22. The van der Waals surface area contributed by atoms with Gasteiger partial charge in [-0.15, -0.1) is 0 Å². The van der Waals surface area contributed by atoms with Gasteiger partial charge in [0.05, 0.1) is 32.1 Å². The molecule has 0 saturated heterocycles. The van der Waals surface area contributed by atoms with Gasteiger partial charge in [0.1, 0.15) is 11.6 Å². The highest BCUT2D eigenvalue weighted by atomic mass is 19.1. The summed E-state index contributed by atoms with van der Waals surface area (Å²) in [6.07, 6.45) is 0. The van der Waals surface area contributed by atoms with Crippen LogP contribution in [-0.4, -0.2) is 21.3 Å². The molecule has 0 radical (unpaired) electrons. The summed E-state index contributed by atoms with van der Waals surface area (Å²) in [6, 6.07) is 5.97. The van der Waals surface area contributed by atoms with Gasteiger partial charge < -0.3 is 18.6 Å². The summed E-state index contributed by atoms with van der Waals surface area (Å²) in [4.78, 5) is 12.2. The highest BCUT2D eigenvalue weighted by molar-refractivity contribution is 6.07. The van der Waals surface area contributed by atoms with Crippen LogP contribution in [0.2, 0.25) is 0 Å². The zero-order valence-corrected chi connectivity index (χ0v) is 12.2. The average Bonchev–Trinajstić information content (AvgIpc) is 2.54. The van der Waals surface area contributed by atoms with Crippen molar-refractivity contribution in [1.29, 1.82) is 0 Å². The third-order valence-electron chi connectivity index (χ3n) is 3.49. The first kappa shape index (κ1) is 14.2. The Morgan fingerprint density at radius 3 is 2.41 bits per heavy atom. The van der Waals surface area contributed by atoms with Crippen LogP contribution in [0.3, 0.4) is 0 Å². The summed E-state index contributed by atoms with van der Waals surface area (Å²) >= 11 is 0. The molecule has 3 aromatic rings. The third-order valence-corrected chi connectivity index (χ3v) is 3.49. The molecule has 0 aliphatic rings. The van der Waals surface area contributed by atoms with Crippen molar-refractivity contribution in [3.8, 4) is 17.2 Å². The lowest BCUT2D eigenvalue weighted by molar-refractivity contribution is 0.350. The number of hydrogen-bond donors (Lipinski definition) is 0. The topological polar surface area (TPSA) is 57.9 Å². The number of rotatable bonds is 3. The van der Waals surface area contributed by atoms with Crippen LogP contribution in [0.25, 0.3) is 21.7 Å². The van der Waals surface area contributed by atoms with E-state index >= 15 is 0 Å². The fraction of sp³-hybridized carbons (Fsp3) is 0.188. The summed E-state index contributed by atoms with van der Waals surface area (Å²) in [7, 11) is 4.26. The summed E-state index contributed by atoms with van der Waals surface area (Å²) in [5.41, 5.74) is -0.589. The Balaban J connectivity index is 2.55. The smallest absolute Gasteiger partial charge is 0.344 e. The summed E-state index contributed by atoms with van der Waals surface area (Å²) in [6.45, 7) is 0. The predicted molar refractivity (Wildman–Crippen MR) is 79.6 cm³/mol. The van der Waals surface area contributed by atoms with E-state index in [2.05, 4.69) is 0 Å². The first-order chi connectivity index (χ1) is 10.6. The minimum absolute atomic E-state index is 0.0158. The maximum atomic E-state index is 14.5. The molecule has 0 fully saturated rings. The highest BCUT2D eigenvalue weighted by Crippen LogP contribution is 2.39. The van der Waals surface area contributed by atoms with Gasteiger partial charge in [-0.25, -0.2) is 9.18 Å². The second-order valence-corrected chi connectivity index (χ2v) is 4.60. The number of ether oxygens (including phenoxy) is 3. The molecule has 0 N–H and O–H groups in total. The molecule has 6 heteroatoms. The van der Waals surface area contributed by atoms with Gasteiger partial charge in [0, 0.05) is 11.5 Å². The normalized spacial score (nSPS) is 10.9. The van der Waals surface area contributed by atoms with E-state index in [1.165, 1.54) is 33.5 Å². The van der Waals surface area contributed by atoms with E-state index in [9.17, 15) is 9.18 Å². The monoisotopic (exact) mass is 304 g/mol. The maximum Gasteiger partial charge on any atom is 0.344 e. The Hall–Kier alpha value is -2.76. The largest absolute Gasteiger partial charge is 0.497 e. The van der Waals surface area contributed by atoms with Crippen molar-refractivity contribution in [2.45, 2.75) is 0 Å². The lowest BCUT2D eigenvalue weighted by Crippen LogP contribution is -2.03. The number of methoxy groups -OCH3 is 3. The average molecular weight is 304 g/mol. The Labute approximate surface area is 124 Å². The zero-order valence-electron chi connectivity index (χ0n) is 12.2. The fourth-order valence-corrected chi connectivity index (χ4v) is 2.46. The van der Waals surface area contributed by atoms with Gasteiger partial charge in [-0.1, -0.05) is 0 Å². The molecule has 1 heterocycles. The summed E-state index contributed by atoms with van der Waals surface area (Å²) in [5, 5.41) is 0.818. The lowest BCUT2D eigenvalue weighted by Gasteiger charge is -2.12. The third kappa shape index (κ3) is 1.95. The molecule has 0 spiro atoms. The van der Waals surface area contributed by atoms with Gasteiger partial charge in [-0.3, -0.25) is 0 Å². The van der Waals surface area contributed by atoms with Crippen LogP contribution in [0.5, 0.6) is 17.2 Å². The molecule has 0 unspecified atom stereocenters. The van der Waals surface area contributed by atoms with Gasteiger partial charge in [-0.05, 0) is 18.2 Å². The molecule has 0 bridgehead atoms. The molecule has 2 aromatic carbocycles. The Morgan fingerprint density at radius 2 is 1.77 bits per heavy atom. The molecule has 22 heavy (non-hydrogen) atoms. The number of hydrogen-bond acceptors (Lipinski definition) is 5. The second-order valence-electron chi connectivity index (χ2n) is 4.60. The van der Waals surface area contributed by atoms with Gasteiger partial charge in [0.15, 0.2) is 11.3 Å². The zero-order chi connectivity index (χ0) is 15.9. The van der Waals surface area contributed by atoms with Crippen LogP contribution >= 0.6 is 0 Å². The van der Waals surface area contributed by atoms with E-state index in [0.29, 0.717) is 11.1 Å². The first-order valence-corrected chi connectivity index (χ1v) is 6.45. The minimum Gasteiger partial charge on any atom is -0.497 e. The first-order valence-electron chi connectivity index (χ1n) is 6.45. The van der Waals surface area contributed by atoms with E-state index in [1.807, 2.05) is 0 Å². The van der Waals surface area contributed by atoms with Crippen molar-refractivity contribution in [2.24, 2.45) is 0 Å². The van der Waals surface area contributed by atoms with Crippen molar-refractivity contribution in [2.75, 3.05) is 21.3 Å². The van der Waals surface area contributed by atoms with Gasteiger partial charge in [0.2, 0.25) is 5.75 Å². The van der Waals surface area contributed by atoms with Crippen LogP contribution in [0.4, 0.5) is 4.39 Å². The summed E-state index contributed by atoms with van der Waals surface area (Å²) in [5.74, 6) is 0.254.